The van der Waals surface area contributed by atoms with Crippen molar-refractivity contribution < 1.29 is 19.0 Å². The number of benzene rings is 1. The molecule has 1 fully saturated rings. The second-order valence-corrected chi connectivity index (χ2v) is 14.1. The molecule has 1 aromatic carbocycles. The zero-order valence-corrected chi connectivity index (χ0v) is 21.9. The van der Waals surface area contributed by atoms with Gasteiger partial charge in [-0.2, -0.15) is 0 Å². The Kier molecular flexibility index (Phi) is 12.4. The fourth-order valence-corrected chi connectivity index (χ4v) is 7.71. The van der Waals surface area contributed by atoms with E-state index in [9.17, 15) is 4.79 Å². The van der Waals surface area contributed by atoms with Gasteiger partial charge in [0, 0.05) is 0 Å². The molecular weight excluding hydrogens is 453 g/mol. The van der Waals surface area contributed by atoms with Crippen molar-refractivity contribution in [1.29, 1.82) is 0 Å². The molecule has 6 heteroatoms. The van der Waals surface area contributed by atoms with Crippen LogP contribution in [0.4, 0.5) is 4.79 Å². The number of hydrogen-bond donors (Lipinski definition) is 0. The van der Waals surface area contributed by atoms with Gasteiger partial charge in [-0.1, -0.05) is 0 Å². The van der Waals surface area contributed by atoms with Gasteiger partial charge >= 0.3 is 147 Å². The number of methoxy groups -OCH3 is 1. The van der Waals surface area contributed by atoms with Gasteiger partial charge < -0.3 is 4.74 Å². The number of rotatable bonds is 13. The normalized spacial score (nSPS) is 19.6. The van der Waals surface area contributed by atoms with Crippen molar-refractivity contribution in [1.82, 2.24) is 4.90 Å². The molecule has 1 aliphatic carbocycles. The summed E-state index contributed by atoms with van der Waals surface area (Å²) < 4.78 is 16.8. The van der Waals surface area contributed by atoms with E-state index in [0.29, 0.717) is 11.9 Å². The number of ether oxygens (including phenoxy) is 3. The molecule has 1 aromatic rings. The van der Waals surface area contributed by atoms with E-state index in [0.717, 1.165) is 38.0 Å². The Morgan fingerprint density at radius 2 is 1.61 bits per heavy atom. The van der Waals surface area contributed by atoms with Crippen LogP contribution in [0.1, 0.15) is 64.7 Å². The summed E-state index contributed by atoms with van der Waals surface area (Å²) in [5.41, 5.74) is 2.53. The SMILES string of the molecule is CCCCC[As](C)CCCCOC1CCC(N(C)C(=O)Oc2ccc(OC)cc2)CC1. The molecule has 1 atom stereocenters. The molecular formula is C25H42AsNO4. The van der Waals surface area contributed by atoms with Gasteiger partial charge in [0.15, 0.2) is 0 Å². The summed E-state index contributed by atoms with van der Waals surface area (Å²) in [6.07, 6.45) is 10.7. The second-order valence-electron chi connectivity index (χ2n) is 8.67. The molecule has 0 aliphatic heterocycles. The van der Waals surface area contributed by atoms with Gasteiger partial charge in [-0.15, -0.1) is 0 Å². The quantitative estimate of drug-likeness (QED) is 0.230. The summed E-state index contributed by atoms with van der Waals surface area (Å²) in [5.74, 6) is 1.28. The van der Waals surface area contributed by atoms with E-state index in [1.54, 1.807) is 36.3 Å². The molecule has 31 heavy (non-hydrogen) atoms. The summed E-state index contributed by atoms with van der Waals surface area (Å²) in [4.78, 5) is 14.2. The van der Waals surface area contributed by atoms with Crippen LogP contribution in [0.3, 0.4) is 0 Å². The van der Waals surface area contributed by atoms with Crippen LogP contribution in [0.2, 0.25) is 16.1 Å². The molecule has 176 valence electrons. The van der Waals surface area contributed by atoms with Crippen LogP contribution < -0.4 is 9.47 Å². The first-order valence-electron chi connectivity index (χ1n) is 11.9. The molecule has 0 N–H and O–H groups in total. The third-order valence-electron chi connectivity index (χ3n) is 6.18. The van der Waals surface area contributed by atoms with Crippen LogP contribution in [-0.4, -0.2) is 58.6 Å². The topological polar surface area (TPSA) is 48.0 Å². The van der Waals surface area contributed by atoms with Gasteiger partial charge in [0.1, 0.15) is 11.5 Å². The van der Waals surface area contributed by atoms with E-state index in [-0.39, 0.29) is 12.1 Å². The summed E-state index contributed by atoms with van der Waals surface area (Å²) in [6, 6.07) is 7.32. The van der Waals surface area contributed by atoms with E-state index in [4.69, 9.17) is 14.2 Å². The fourth-order valence-electron chi connectivity index (χ4n) is 4.04. The molecule has 2 rings (SSSR count). The van der Waals surface area contributed by atoms with Crippen LogP contribution >= 0.6 is 0 Å². The maximum atomic E-state index is 12.5. The number of carbonyl (C=O) groups is 1. The Hall–Kier alpha value is -1.19. The molecule has 1 saturated carbocycles. The van der Waals surface area contributed by atoms with Gasteiger partial charge in [-0.3, -0.25) is 0 Å². The average Bonchev–Trinajstić information content (AvgIpc) is 2.79. The molecule has 1 aliphatic rings. The van der Waals surface area contributed by atoms with Gasteiger partial charge in [-0.05, 0) is 24.3 Å². The summed E-state index contributed by atoms with van der Waals surface area (Å²) in [7, 11) is 3.45. The molecule has 1 amide bonds. The van der Waals surface area contributed by atoms with E-state index < -0.39 is 14.7 Å². The molecule has 0 radical (unpaired) electrons. The standard InChI is InChI=1S/C25H42AsNO4/c1-5-6-7-18-26(2)19-8-9-20-30-23-12-10-21(11-13-23)27(3)25(28)31-24-16-14-22(29-4)15-17-24/h14-17,21,23H,5-13,18-20H2,1-4H3. The predicted molar refractivity (Wildman–Crippen MR) is 129 cm³/mol. The Morgan fingerprint density at radius 3 is 2.23 bits per heavy atom. The first kappa shape index (κ1) is 26.1. The average molecular weight is 496 g/mol. The van der Waals surface area contributed by atoms with Crippen LogP contribution in [0, 0.1) is 0 Å². The van der Waals surface area contributed by atoms with Crippen LogP contribution in [0.15, 0.2) is 24.3 Å². The first-order valence-corrected chi connectivity index (χ1v) is 16.4. The number of unbranched alkanes of at least 4 members (excludes halogenated alkanes) is 3. The Labute approximate surface area is 194 Å². The Bertz CT molecular complexity index is 616. The Morgan fingerprint density at radius 1 is 1.00 bits per heavy atom. The van der Waals surface area contributed by atoms with Crippen LogP contribution in [0.25, 0.3) is 0 Å². The summed E-state index contributed by atoms with van der Waals surface area (Å²) in [6.45, 7) is 3.17. The molecule has 0 saturated heterocycles. The van der Waals surface area contributed by atoms with Crippen molar-refractivity contribution in [2.45, 2.75) is 93.0 Å². The molecule has 0 heterocycles. The van der Waals surface area contributed by atoms with Gasteiger partial charge in [0.2, 0.25) is 0 Å². The van der Waals surface area contributed by atoms with E-state index in [1.807, 2.05) is 7.05 Å². The van der Waals surface area contributed by atoms with Crippen LogP contribution in [-0.2, 0) is 4.74 Å². The monoisotopic (exact) mass is 495 g/mol. The Balaban J connectivity index is 1.58. The van der Waals surface area contributed by atoms with Crippen molar-refractivity contribution in [3.63, 3.8) is 0 Å². The van der Waals surface area contributed by atoms with Crippen molar-refractivity contribution >= 4 is 20.7 Å². The zero-order valence-electron chi connectivity index (χ0n) is 20.0. The van der Waals surface area contributed by atoms with Crippen molar-refractivity contribution in [3.8, 4) is 11.5 Å². The van der Waals surface area contributed by atoms with Gasteiger partial charge in [0.05, 0.1) is 7.11 Å². The maximum absolute atomic E-state index is 12.5. The minimum atomic E-state index is -0.548. The van der Waals surface area contributed by atoms with Crippen molar-refractivity contribution in [2.24, 2.45) is 0 Å². The molecule has 1 unspecified atom stereocenters. The third-order valence-corrected chi connectivity index (χ3v) is 10.7. The zero-order chi connectivity index (χ0) is 22.5. The fraction of sp³-hybridized carbons (Fsp3) is 0.720. The molecule has 0 bridgehead atoms. The molecule has 5 nitrogen and oxygen atoms in total. The minimum absolute atomic E-state index is 0.223. The van der Waals surface area contributed by atoms with Crippen molar-refractivity contribution in [2.75, 3.05) is 20.8 Å². The van der Waals surface area contributed by atoms with Crippen molar-refractivity contribution in [3.05, 3.63) is 24.3 Å². The summed E-state index contributed by atoms with van der Waals surface area (Å²) in [5, 5.41) is 2.98. The van der Waals surface area contributed by atoms with Crippen LogP contribution in [0.5, 0.6) is 11.5 Å². The third kappa shape index (κ3) is 9.87. The number of hydrogen-bond acceptors (Lipinski definition) is 4. The summed E-state index contributed by atoms with van der Waals surface area (Å²) >= 11 is -0.548. The van der Waals surface area contributed by atoms with E-state index >= 15 is 0 Å². The number of nitrogens with zero attached hydrogens (tertiary/aromatic N) is 1. The second kappa shape index (κ2) is 14.8. The predicted octanol–water partition coefficient (Wildman–Crippen LogP) is 6.55. The number of amides is 1. The number of carbonyl (C=O) groups excluding carboxylic acids is 1. The molecule has 0 spiro atoms. The first-order chi connectivity index (χ1) is 15.0. The molecule has 0 aromatic heterocycles. The van der Waals surface area contributed by atoms with E-state index in [2.05, 4.69) is 12.6 Å². The van der Waals surface area contributed by atoms with E-state index in [1.165, 1.54) is 42.5 Å². The van der Waals surface area contributed by atoms with Gasteiger partial charge in [-0.25, -0.2) is 0 Å². The van der Waals surface area contributed by atoms with Gasteiger partial charge in [0.25, 0.3) is 0 Å².